The summed E-state index contributed by atoms with van der Waals surface area (Å²) in [5, 5.41) is 4.43. The summed E-state index contributed by atoms with van der Waals surface area (Å²) in [7, 11) is 0. The summed E-state index contributed by atoms with van der Waals surface area (Å²) in [5.74, 6) is 0.980. The Morgan fingerprint density at radius 3 is 2.41 bits per heavy atom. The summed E-state index contributed by atoms with van der Waals surface area (Å²) in [5.41, 5.74) is 6.56. The predicted octanol–water partition coefficient (Wildman–Crippen LogP) is 5.01. The fraction of sp³-hybridized carbons (Fsp3) is 0.0909. The second-order valence-electron chi connectivity index (χ2n) is 6.53. The van der Waals surface area contributed by atoms with E-state index in [4.69, 9.17) is 0 Å². The van der Waals surface area contributed by atoms with Crippen LogP contribution in [0.2, 0.25) is 0 Å². The molecule has 0 radical (unpaired) electrons. The fourth-order valence-electron chi connectivity index (χ4n) is 3.55. The van der Waals surface area contributed by atoms with E-state index >= 15 is 0 Å². The van der Waals surface area contributed by atoms with Crippen molar-refractivity contribution in [2.45, 2.75) is 0 Å². The smallest absolute Gasteiger partial charge is 0.138 e. The van der Waals surface area contributed by atoms with E-state index in [1.165, 1.54) is 0 Å². The van der Waals surface area contributed by atoms with Gasteiger partial charge in [0, 0.05) is 33.7 Å². The zero-order chi connectivity index (χ0) is 18.2. The van der Waals surface area contributed by atoms with Gasteiger partial charge in [-0.2, -0.15) is 0 Å². The number of hydrogen-bond acceptors (Lipinski definition) is 3. The number of aromatic amines is 1. The summed E-state index contributed by atoms with van der Waals surface area (Å²) in [4.78, 5) is 12.6. The van der Waals surface area contributed by atoms with E-state index in [2.05, 4.69) is 90.8 Å². The van der Waals surface area contributed by atoms with E-state index in [-0.39, 0.29) is 0 Å². The van der Waals surface area contributed by atoms with Gasteiger partial charge in [-0.1, -0.05) is 54.6 Å². The highest BCUT2D eigenvalue weighted by molar-refractivity contribution is 9.10. The zero-order valence-corrected chi connectivity index (χ0v) is 16.1. The third-order valence-corrected chi connectivity index (χ3v) is 5.23. The maximum absolute atomic E-state index is 4.56. The van der Waals surface area contributed by atoms with Gasteiger partial charge >= 0.3 is 0 Å². The van der Waals surface area contributed by atoms with E-state index in [0.717, 1.165) is 62.4 Å². The highest BCUT2D eigenvalue weighted by atomic mass is 79.9. The van der Waals surface area contributed by atoms with Crippen LogP contribution in [0.1, 0.15) is 5.56 Å². The Kier molecular flexibility index (Phi) is 4.02. The highest BCUT2D eigenvalue weighted by Crippen LogP contribution is 2.38. The first-order valence-electron chi connectivity index (χ1n) is 8.91. The molecule has 5 rings (SSSR count). The zero-order valence-electron chi connectivity index (χ0n) is 14.5. The Hall–Kier alpha value is -2.92. The minimum atomic E-state index is 0.845. The number of benzene rings is 2. The third-order valence-electron chi connectivity index (χ3n) is 4.80. The van der Waals surface area contributed by atoms with Crippen LogP contribution in [0.15, 0.2) is 76.3 Å². The second-order valence-corrected chi connectivity index (χ2v) is 7.44. The first-order chi connectivity index (χ1) is 13.3. The van der Waals surface area contributed by atoms with Crippen LogP contribution < -0.4 is 5.32 Å². The normalized spacial score (nSPS) is 13.6. The largest absolute Gasteiger partial charge is 0.368 e. The minimum absolute atomic E-state index is 0.845. The molecule has 2 aromatic heterocycles. The number of aliphatic imine (C=N–C) groups is 1. The molecule has 0 atom stereocenters. The maximum Gasteiger partial charge on any atom is 0.138 e. The Labute approximate surface area is 165 Å². The Morgan fingerprint density at radius 2 is 1.67 bits per heavy atom. The van der Waals surface area contributed by atoms with E-state index in [1.807, 2.05) is 12.3 Å². The lowest BCUT2D eigenvalue weighted by molar-refractivity contribution is 0.960. The molecule has 3 heterocycles. The molecule has 0 bridgehead atoms. The molecule has 1 aliphatic heterocycles. The van der Waals surface area contributed by atoms with Crippen LogP contribution in [0.5, 0.6) is 0 Å². The van der Waals surface area contributed by atoms with Gasteiger partial charge in [-0.3, -0.25) is 4.99 Å². The van der Waals surface area contributed by atoms with Gasteiger partial charge in [0.05, 0.1) is 12.2 Å². The summed E-state index contributed by atoms with van der Waals surface area (Å²) in [6.07, 6.45) is 1.82. The van der Waals surface area contributed by atoms with Crippen LogP contribution in [0.3, 0.4) is 0 Å². The molecule has 4 aromatic rings. The van der Waals surface area contributed by atoms with Crippen LogP contribution in [0.25, 0.3) is 33.4 Å². The fourth-order valence-corrected chi connectivity index (χ4v) is 3.88. The lowest BCUT2D eigenvalue weighted by Crippen LogP contribution is -2.19. The minimum Gasteiger partial charge on any atom is -0.368 e. The van der Waals surface area contributed by atoms with Crippen molar-refractivity contribution in [3.8, 4) is 22.4 Å². The molecule has 0 spiro atoms. The number of nitrogens with one attached hydrogen (secondary N) is 2. The number of halogens is 1. The molecule has 0 unspecified atom stereocenters. The van der Waals surface area contributed by atoms with Crippen molar-refractivity contribution in [1.29, 1.82) is 0 Å². The predicted molar refractivity (Wildman–Crippen MR) is 114 cm³/mol. The van der Waals surface area contributed by atoms with Crippen molar-refractivity contribution in [1.82, 2.24) is 15.3 Å². The molecular formula is C22H17BrN4. The molecule has 5 heteroatoms. The number of amidine groups is 1. The van der Waals surface area contributed by atoms with Crippen LogP contribution in [0, 0.1) is 0 Å². The maximum atomic E-state index is 4.56. The van der Waals surface area contributed by atoms with E-state index < -0.39 is 0 Å². The molecule has 0 fully saturated rings. The van der Waals surface area contributed by atoms with Crippen molar-refractivity contribution < 1.29 is 0 Å². The van der Waals surface area contributed by atoms with Crippen LogP contribution in [0.4, 0.5) is 0 Å². The number of hydrogen-bond donors (Lipinski definition) is 2. The van der Waals surface area contributed by atoms with Gasteiger partial charge in [0.15, 0.2) is 0 Å². The molecule has 132 valence electrons. The average molecular weight is 417 g/mol. The SMILES string of the molecule is Brc1cnc2[nH]c(-c3ccccc3)c(-c3ccc(C4=NCCN4)cc3)c2c1. The molecule has 2 aromatic carbocycles. The summed E-state index contributed by atoms with van der Waals surface area (Å²) >= 11 is 3.56. The molecular weight excluding hydrogens is 400 g/mol. The molecule has 2 N–H and O–H groups in total. The Bertz CT molecular complexity index is 1140. The molecule has 0 aliphatic carbocycles. The quantitative estimate of drug-likeness (QED) is 0.493. The van der Waals surface area contributed by atoms with Gasteiger partial charge in [-0.25, -0.2) is 4.98 Å². The molecule has 4 nitrogen and oxygen atoms in total. The second kappa shape index (κ2) is 6.67. The molecule has 1 aliphatic rings. The number of pyridine rings is 1. The number of nitrogens with zero attached hydrogens (tertiary/aromatic N) is 2. The molecule has 0 amide bonds. The number of H-pyrrole nitrogens is 1. The Balaban J connectivity index is 1.70. The van der Waals surface area contributed by atoms with Gasteiger partial charge in [0.25, 0.3) is 0 Å². The highest BCUT2D eigenvalue weighted by Gasteiger charge is 2.17. The molecule has 0 saturated heterocycles. The van der Waals surface area contributed by atoms with E-state index in [1.54, 1.807) is 0 Å². The van der Waals surface area contributed by atoms with Gasteiger partial charge in [0.2, 0.25) is 0 Å². The van der Waals surface area contributed by atoms with Gasteiger partial charge < -0.3 is 10.3 Å². The van der Waals surface area contributed by atoms with Crippen molar-refractivity contribution in [2.75, 3.05) is 13.1 Å². The van der Waals surface area contributed by atoms with E-state index in [9.17, 15) is 0 Å². The lowest BCUT2D eigenvalue weighted by atomic mass is 9.98. The summed E-state index contributed by atoms with van der Waals surface area (Å²) < 4.78 is 0.969. The average Bonchev–Trinajstić information content (AvgIpc) is 3.37. The lowest BCUT2D eigenvalue weighted by Gasteiger charge is -2.08. The number of rotatable bonds is 3. The van der Waals surface area contributed by atoms with Crippen molar-refractivity contribution in [3.05, 3.63) is 76.9 Å². The Morgan fingerprint density at radius 1 is 0.889 bits per heavy atom. The third kappa shape index (κ3) is 2.94. The molecule has 27 heavy (non-hydrogen) atoms. The van der Waals surface area contributed by atoms with Crippen molar-refractivity contribution in [3.63, 3.8) is 0 Å². The standard InChI is InChI=1S/C22H17BrN4/c23-17-12-18-19(14-6-8-16(9-7-14)21-24-10-11-25-21)20(27-22(18)26-13-17)15-4-2-1-3-5-15/h1-9,12-13H,10-11H2,(H,24,25)(H,26,27). The first-order valence-corrected chi connectivity index (χ1v) is 9.71. The summed E-state index contributed by atoms with van der Waals surface area (Å²) in [6, 6.07) is 21.1. The number of fused-ring (bicyclic) bond motifs is 1. The number of aromatic nitrogens is 2. The van der Waals surface area contributed by atoms with Crippen LogP contribution in [-0.2, 0) is 0 Å². The van der Waals surface area contributed by atoms with Crippen molar-refractivity contribution >= 4 is 32.8 Å². The van der Waals surface area contributed by atoms with Crippen molar-refractivity contribution in [2.24, 2.45) is 4.99 Å². The molecule has 0 saturated carbocycles. The van der Waals surface area contributed by atoms with Crippen LogP contribution >= 0.6 is 15.9 Å². The monoisotopic (exact) mass is 416 g/mol. The van der Waals surface area contributed by atoms with Crippen LogP contribution in [-0.4, -0.2) is 28.9 Å². The first kappa shape index (κ1) is 16.3. The summed E-state index contributed by atoms with van der Waals surface area (Å²) in [6.45, 7) is 1.76. The van der Waals surface area contributed by atoms with Gasteiger partial charge in [-0.15, -0.1) is 0 Å². The topological polar surface area (TPSA) is 53.1 Å². The van der Waals surface area contributed by atoms with E-state index in [0.29, 0.717) is 0 Å². The van der Waals surface area contributed by atoms with Gasteiger partial charge in [-0.05, 0) is 33.1 Å². The van der Waals surface area contributed by atoms with Gasteiger partial charge in [0.1, 0.15) is 11.5 Å².